The predicted molar refractivity (Wildman–Crippen MR) is 457 cm³/mol. The molecule has 16 aromatic rings. The lowest BCUT2D eigenvalue weighted by atomic mass is 9.87. The molecule has 8 aromatic carbocycles. The molecule has 0 aliphatic carbocycles. The minimum absolute atomic E-state index is 0.00398. The van der Waals surface area contributed by atoms with Crippen LogP contribution in [0.25, 0.3) is 133 Å². The number of hydrogen-bond acceptors (Lipinski definition) is 8. The summed E-state index contributed by atoms with van der Waals surface area (Å²) >= 11 is 0. The van der Waals surface area contributed by atoms with Crippen molar-refractivity contribution in [3.05, 3.63) is 259 Å². The second kappa shape index (κ2) is 31.7. The Kier molecular flexibility index (Phi) is 16.9. The lowest BCUT2D eigenvalue weighted by molar-refractivity contribution is -0.666. The average Bonchev–Trinajstić information content (AvgIpc) is 1.71. The molecule has 16 rings (SSSR count). The molecule has 8 heterocycles. The van der Waals surface area contributed by atoms with Crippen molar-refractivity contribution in [2.24, 2.45) is 51.4 Å². The maximum atomic E-state index is 9.46. The first-order valence-corrected chi connectivity index (χ1v) is 37.8. The van der Waals surface area contributed by atoms with Crippen LogP contribution in [0.15, 0.2) is 187 Å². The number of fused-ring (bicyclic) bond motifs is 12. The van der Waals surface area contributed by atoms with Gasteiger partial charge in [0.15, 0.2) is 33.9 Å². The number of rotatable bonds is 11. The van der Waals surface area contributed by atoms with Crippen LogP contribution >= 0.6 is 0 Å². The van der Waals surface area contributed by atoms with E-state index in [4.69, 9.17) is 39.6 Å². The first-order chi connectivity index (χ1) is 60.3. The summed E-state index contributed by atoms with van der Waals surface area (Å²) in [5.74, 6) is -1.16. The highest BCUT2D eigenvalue weighted by atomic mass is 16.3. The summed E-state index contributed by atoms with van der Waals surface area (Å²) in [6.45, 7) is 30.9. The van der Waals surface area contributed by atoms with Gasteiger partial charge >= 0.3 is 0 Å². The van der Waals surface area contributed by atoms with Crippen molar-refractivity contribution in [1.29, 1.82) is 21.0 Å². The van der Waals surface area contributed by atoms with Crippen molar-refractivity contribution in [1.82, 2.24) is 0 Å². The van der Waals surface area contributed by atoms with E-state index >= 15 is 0 Å². The summed E-state index contributed by atoms with van der Waals surface area (Å²) in [4.78, 5) is 0. The minimum atomic E-state index is -1.88. The van der Waals surface area contributed by atoms with Gasteiger partial charge in [-0.1, -0.05) is 86.6 Å². The third-order valence-electron chi connectivity index (χ3n) is 20.2. The highest BCUT2D eigenvalue weighted by Gasteiger charge is 2.27. The van der Waals surface area contributed by atoms with Crippen LogP contribution in [0, 0.1) is 124 Å². The topological polar surface area (TPSA) is 163 Å². The first-order valence-electron chi connectivity index (χ1n) is 45.8. The zero-order valence-electron chi connectivity index (χ0n) is 84.0. The van der Waals surface area contributed by atoms with E-state index in [1.807, 2.05) is 113 Å². The predicted octanol–water partition coefficient (Wildman–Crippen LogP) is 23.4. The Bertz CT molecular complexity index is 7490. The minimum Gasteiger partial charge on any atom is -0.456 e. The number of benzene rings is 8. The van der Waals surface area contributed by atoms with E-state index in [2.05, 4.69) is 24.3 Å². The summed E-state index contributed by atoms with van der Waals surface area (Å²) in [5.41, 5.74) is 17.6. The van der Waals surface area contributed by atoms with Gasteiger partial charge in [0.25, 0.3) is 0 Å². The molecular formula is C101H102N8O4+4. The van der Waals surface area contributed by atoms with E-state index in [0.29, 0.717) is 112 Å². The maximum absolute atomic E-state index is 9.46. The van der Waals surface area contributed by atoms with Crippen LogP contribution in [0.1, 0.15) is 174 Å². The number of para-hydroxylation sites is 2. The van der Waals surface area contributed by atoms with Gasteiger partial charge in [-0.15, -0.1) is 0 Å². The van der Waals surface area contributed by atoms with E-state index in [9.17, 15) is 21.0 Å². The second-order valence-electron chi connectivity index (χ2n) is 31.0. The van der Waals surface area contributed by atoms with E-state index in [1.165, 1.54) is 0 Å². The molecule has 0 unspecified atom stereocenters. The summed E-state index contributed by atoms with van der Waals surface area (Å²) < 4.78 is 171. The fourth-order valence-corrected chi connectivity index (χ4v) is 14.3. The molecule has 0 N–H and O–H groups in total. The SMILES string of the molecule is [2H]c1c(C([2H])([2H])C(C)(C)C)c([2H])c(-c2cc3oc4c(C#N)cccc4c3cc2C)[n+](C)c1C.[2H]c1c(C([2H])([2H])C(C)C)c([2H])c(-c2cc3oc4c(C#N)cccc4c3cc2C)[n+](C)c1C.[2H]c1c(C([2H])([2H])C(C)C)c([2H])c(-c2cc3oc4cc(C#N)ccc4c3cc2C)[n+](C)c1C.[2H]c1c(C([2H])([2H])C(C)C)c([2H])c(-c2cc3oc4ccc(C#N)cc4c3cc2C)[n+](C)c1C. The fraction of sp³-hybridized carbons (Fsp3) is 0.287. The number of nitriles is 4. The quantitative estimate of drug-likeness (QED) is 0.116. The zero-order valence-corrected chi connectivity index (χ0v) is 68.0. The van der Waals surface area contributed by atoms with Crippen molar-refractivity contribution >= 4 is 87.8 Å². The molecule has 0 atom stereocenters. The molecule has 0 saturated carbocycles. The van der Waals surface area contributed by atoms with Gasteiger partial charge < -0.3 is 17.7 Å². The summed E-state index contributed by atoms with van der Waals surface area (Å²) in [5, 5.41) is 44.4. The number of nitrogens with zero attached hydrogens (tertiary/aromatic N) is 8. The van der Waals surface area contributed by atoms with E-state index < -0.39 is 30.9 Å². The molecule has 0 fully saturated rings. The molecule has 12 nitrogen and oxygen atoms in total. The average molecular weight is 1510 g/mol. The van der Waals surface area contributed by atoms with E-state index in [1.54, 1.807) is 173 Å². The highest BCUT2D eigenvalue weighted by molar-refractivity contribution is 6.10. The van der Waals surface area contributed by atoms with Gasteiger partial charge in [-0.25, -0.2) is 0 Å². The molecule has 0 aliphatic heterocycles. The van der Waals surface area contributed by atoms with Crippen LogP contribution in [0.2, 0.25) is 0 Å². The first kappa shape index (κ1) is 60.3. The van der Waals surface area contributed by atoms with Crippen LogP contribution in [0.4, 0.5) is 0 Å². The van der Waals surface area contributed by atoms with E-state index in [-0.39, 0.29) is 88.3 Å². The Balaban J connectivity index is 0.000000147. The Morgan fingerprint density at radius 3 is 1.02 bits per heavy atom. The van der Waals surface area contributed by atoms with Gasteiger partial charge in [-0.05, 0) is 218 Å². The van der Waals surface area contributed by atoms with Crippen LogP contribution in [-0.2, 0) is 53.7 Å². The van der Waals surface area contributed by atoms with Crippen molar-refractivity contribution in [2.75, 3.05) is 0 Å². The molecule has 0 spiro atoms. The van der Waals surface area contributed by atoms with Crippen molar-refractivity contribution < 1.29 is 57.9 Å². The number of hydrogen-bond donors (Lipinski definition) is 0. The number of aromatic nitrogens is 4. The van der Waals surface area contributed by atoms with Crippen molar-refractivity contribution in [3.63, 3.8) is 0 Å². The van der Waals surface area contributed by atoms with Gasteiger partial charge in [-0.2, -0.15) is 39.3 Å². The molecule has 12 heteroatoms. The van der Waals surface area contributed by atoms with Crippen LogP contribution in [0.3, 0.4) is 0 Å². The Hall–Kier alpha value is -12.5. The van der Waals surface area contributed by atoms with Crippen molar-refractivity contribution in [2.45, 2.75) is 143 Å². The number of aryl methyl sites for hydroxylation is 4. The lowest BCUT2D eigenvalue weighted by Gasteiger charge is -2.18. The summed E-state index contributed by atoms with van der Waals surface area (Å²) in [6, 6.07) is 46.0. The molecule has 0 bridgehead atoms. The largest absolute Gasteiger partial charge is 0.456 e. The molecule has 8 aromatic heterocycles. The third kappa shape index (κ3) is 16.1. The normalized spacial score (nSPS) is 14.1. The zero-order chi connectivity index (χ0) is 95.1. The molecule has 0 amide bonds. The van der Waals surface area contributed by atoms with Gasteiger partial charge in [0.2, 0.25) is 22.8 Å². The Morgan fingerprint density at radius 2 is 0.655 bits per heavy atom. The monoisotopic (exact) mass is 1510 g/mol. The van der Waals surface area contributed by atoms with Gasteiger partial charge in [-0.3, -0.25) is 0 Å². The van der Waals surface area contributed by atoms with Gasteiger partial charge in [0.1, 0.15) is 73.8 Å². The summed E-state index contributed by atoms with van der Waals surface area (Å²) in [7, 11) is 7.20. The second-order valence-corrected chi connectivity index (χ2v) is 31.0. The standard InChI is InChI=1S/C26H27N2O.3C25H25N2O/c1-16-10-22-20-9-7-8-19(15-27)25(20)29-24(22)13-21(16)23-12-18(14-26(3,4)5)11-17(2)28(23)6;1-15(2)8-19-10-17(4)27(5)23(11-19)21-13-25-22(9-16(21)3)20-7-6-18(14-26)12-24(20)28-25;1-15(2)8-19-10-17(4)27(5)23(12-19)20-13-25-21(9-16(20)3)22-11-18(14-26)6-7-24(22)28-25;1-15(2)9-18-11-17(4)27(5)23(12-18)21-13-24-22(10-16(21)3)20-8-6-7-19(14-26)25(20)28-24/h7-13H,14H2,1-6H3;2*6-7,9-13,15H,8H2,1-5H3;6-8,10-13,15H,9H2,1-5H3/q4*+1/i11D,12D,14D2;8D2,10D,11D;8D2,10D,12D;9D2,11D,12D. The lowest BCUT2D eigenvalue weighted by Crippen LogP contribution is -2.35. The van der Waals surface area contributed by atoms with Crippen molar-refractivity contribution in [3.8, 4) is 69.3 Å². The summed E-state index contributed by atoms with van der Waals surface area (Å²) in [6.07, 6.45) is -7.32. The smallest absolute Gasteiger partial charge is 0.213 e. The molecule has 566 valence electrons. The number of furan rings is 4. The van der Waals surface area contributed by atoms with Gasteiger partial charge in [0.05, 0.1) is 67.6 Å². The fourth-order valence-electron chi connectivity index (χ4n) is 14.3. The van der Waals surface area contributed by atoms with Crippen LogP contribution in [0.5, 0.6) is 0 Å². The molecule has 0 radical (unpaired) electrons. The highest BCUT2D eigenvalue weighted by Crippen LogP contribution is 2.41. The van der Waals surface area contributed by atoms with Crippen LogP contribution < -0.4 is 18.3 Å². The Labute approximate surface area is 686 Å². The third-order valence-corrected chi connectivity index (χ3v) is 20.2. The van der Waals surface area contributed by atoms with E-state index in [0.717, 1.165) is 87.6 Å². The maximum Gasteiger partial charge on any atom is 0.213 e. The van der Waals surface area contributed by atoms with Crippen LogP contribution in [-0.4, -0.2) is 0 Å². The molecule has 113 heavy (non-hydrogen) atoms. The Morgan fingerprint density at radius 1 is 0.345 bits per heavy atom. The van der Waals surface area contributed by atoms with Gasteiger partial charge in [0, 0.05) is 130 Å². The molecule has 0 saturated heterocycles. The molecule has 0 aliphatic rings. The molecular weight excluding hydrogens is 1390 g/mol. The number of pyridine rings is 4.